The van der Waals surface area contributed by atoms with E-state index in [4.69, 9.17) is 5.73 Å². The van der Waals surface area contributed by atoms with Crippen molar-refractivity contribution in [2.24, 2.45) is 11.1 Å². The predicted molar refractivity (Wildman–Crippen MR) is 70.6 cm³/mol. The van der Waals surface area contributed by atoms with Crippen LogP contribution in [0.5, 0.6) is 0 Å². The maximum absolute atomic E-state index is 13.3. The fraction of sp³-hybridized carbons (Fsp3) is 0.571. The van der Waals surface area contributed by atoms with Crippen molar-refractivity contribution >= 4 is 15.9 Å². The molecule has 3 rings (SSSR count). The Morgan fingerprint density at radius 1 is 1.17 bits per heavy atom. The van der Waals surface area contributed by atoms with Gasteiger partial charge in [-0.15, -0.1) is 0 Å². The first kappa shape index (κ1) is 12.5. The molecule has 1 saturated carbocycles. The van der Waals surface area contributed by atoms with Crippen LogP contribution in [0.1, 0.15) is 42.9 Å². The molecule has 98 valence electrons. The molecular formula is C14H16BrF2N. The third-order valence-electron chi connectivity index (χ3n) is 4.62. The lowest BCUT2D eigenvalue weighted by Gasteiger charge is -2.40. The Morgan fingerprint density at radius 2 is 1.83 bits per heavy atom. The smallest absolute Gasteiger partial charge is 0.248 e. The molecule has 4 heteroatoms. The molecule has 0 amide bonds. The summed E-state index contributed by atoms with van der Waals surface area (Å²) in [5.74, 6) is -2.49. The van der Waals surface area contributed by atoms with E-state index in [0.29, 0.717) is 12.8 Å². The second kappa shape index (κ2) is 4.01. The third kappa shape index (κ3) is 1.90. The van der Waals surface area contributed by atoms with Crippen LogP contribution in [0.3, 0.4) is 0 Å². The molecule has 0 unspecified atom stereocenters. The van der Waals surface area contributed by atoms with Crippen LogP contribution in [0.25, 0.3) is 0 Å². The van der Waals surface area contributed by atoms with Gasteiger partial charge in [-0.05, 0) is 47.9 Å². The lowest BCUT2D eigenvalue weighted by Crippen LogP contribution is -2.39. The van der Waals surface area contributed by atoms with Crippen LogP contribution in [0, 0.1) is 5.41 Å². The van der Waals surface area contributed by atoms with Crippen molar-refractivity contribution in [2.45, 2.75) is 44.1 Å². The van der Waals surface area contributed by atoms with Crippen LogP contribution in [0.4, 0.5) is 8.78 Å². The molecule has 0 saturated heterocycles. The highest BCUT2D eigenvalue weighted by atomic mass is 79.9. The van der Waals surface area contributed by atoms with E-state index in [-0.39, 0.29) is 24.3 Å². The molecule has 0 heterocycles. The van der Waals surface area contributed by atoms with Crippen LogP contribution in [0.2, 0.25) is 0 Å². The van der Waals surface area contributed by atoms with Crippen molar-refractivity contribution in [1.82, 2.24) is 0 Å². The Balaban J connectivity index is 1.90. The number of hydrogen-bond acceptors (Lipinski definition) is 1. The van der Waals surface area contributed by atoms with Crippen LogP contribution in [-0.2, 0) is 6.42 Å². The molecule has 1 aromatic carbocycles. The van der Waals surface area contributed by atoms with Gasteiger partial charge >= 0.3 is 0 Å². The highest BCUT2D eigenvalue weighted by Crippen LogP contribution is 2.55. The van der Waals surface area contributed by atoms with Crippen molar-refractivity contribution in [3.8, 4) is 0 Å². The molecule has 18 heavy (non-hydrogen) atoms. The van der Waals surface area contributed by atoms with Crippen LogP contribution in [0.15, 0.2) is 22.7 Å². The molecule has 0 aliphatic heterocycles. The Kier molecular flexibility index (Phi) is 2.79. The van der Waals surface area contributed by atoms with Gasteiger partial charge in [0, 0.05) is 23.4 Å². The van der Waals surface area contributed by atoms with E-state index < -0.39 is 5.92 Å². The maximum atomic E-state index is 13.3. The third-order valence-corrected chi connectivity index (χ3v) is 5.12. The summed E-state index contributed by atoms with van der Waals surface area (Å²) in [5, 5.41) is 0. The van der Waals surface area contributed by atoms with Crippen LogP contribution in [-0.4, -0.2) is 5.92 Å². The Morgan fingerprint density at radius 3 is 2.50 bits per heavy atom. The molecule has 1 fully saturated rings. The largest absolute Gasteiger partial charge is 0.323 e. The van der Waals surface area contributed by atoms with E-state index in [1.807, 2.05) is 12.1 Å². The molecule has 1 aromatic rings. The Hall–Kier alpha value is -0.480. The number of fused-ring (bicyclic) bond motifs is 1. The number of halogens is 3. The van der Waals surface area contributed by atoms with E-state index in [1.54, 1.807) is 0 Å². The first-order valence-electron chi connectivity index (χ1n) is 6.34. The van der Waals surface area contributed by atoms with Gasteiger partial charge in [0.15, 0.2) is 0 Å². The van der Waals surface area contributed by atoms with Gasteiger partial charge in [0.25, 0.3) is 0 Å². The molecule has 2 aliphatic carbocycles. The summed E-state index contributed by atoms with van der Waals surface area (Å²) in [5.41, 5.74) is 8.58. The summed E-state index contributed by atoms with van der Waals surface area (Å²) in [6.07, 6.45) is 1.89. The van der Waals surface area contributed by atoms with Crippen molar-refractivity contribution in [1.29, 1.82) is 0 Å². The molecular weight excluding hydrogens is 300 g/mol. The summed E-state index contributed by atoms with van der Waals surface area (Å²) in [7, 11) is 0. The summed E-state index contributed by atoms with van der Waals surface area (Å²) in [6.45, 7) is 0. The lowest BCUT2D eigenvalue weighted by molar-refractivity contribution is -0.0702. The highest BCUT2D eigenvalue weighted by molar-refractivity contribution is 9.10. The zero-order chi connectivity index (χ0) is 13.0. The first-order chi connectivity index (χ1) is 8.42. The summed E-state index contributed by atoms with van der Waals surface area (Å²) < 4.78 is 27.6. The maximum Gasteiger partial charge on any atom is 0.248 e. The minimum Gasteiger partial charge on any atom is -0.323 e. The van der Waals surface area contributed by atoms with Gasteiger partial charge in [-0.1, -0.05) is 22.0 Å². The number of rotatable bonds is 0. The Bertz CT molecular complexity index is 477. The predicted octanol–water partition coefficient (Wildman–Crippen LogP) is 4.20. The number of benzene rings is 1. The number of alkyl halides is 2. The fourth-order valence-electron chi connectivity index (χ4n) is 3.44. The normalized spacial score (nSPS) is 28.3. The highest BCUT2D eigenvalue weighted by Gasteiger charge is 2.50. The van der Waals surface area contributed by atoms with Gasteiger partial charge in [-0.3, -0.25) is 0 Å². The van der Waals surface area contributed by atoms with Crippen molar-refractivity contribution in [2.75, 3.05) is 0 Å². The molecule has 1 spiro atoms. The van der Waals surface area contributed by atoms with E-state index in [2.05, 4.69) is 22.0 Å². The van der Waals surface area contributed by atoms with E-state index in [9.17, 15) is 8.78 Å². The molecule has 2 N–H and O–H groups in total. The number of nitrogens with two attached hydrogens (primary N) is 1. The lowest BCUT2D eigenvalue weighted by atomic mass is 9.68. The van der Waals surface area contributed by atoms with Gasteiger partial charge in [0.1, 0.15) is 0 Å². The second-order valence-corrected chi connectivity index (χ2v) is 6.63. The van der Waals surface area contributed by atoms with Crippen molar-refractivity contribution < 1.29 is 8.78 Å². The molecule has 1 atom stereocenters. The standard InChI is InChI=1S/C14H16BrF2N/c15-10-2-1-9-8-13(12(18)11(9)7-10)3-5-14(16,17)6-4-13/h1-2,7,12H,3-6,8,18H2/t12-/m1/s1. The van der Waals surface area contributed by atoms with Gasteiger partial charge in [0.2, 0.25) is 5.92 Å². The average molecular weight is 316 g/mol. The summed E-state index contributed by atoms with van der Waals surface area (Å²) in [6, 6.07) is 6.02. The van der Waals surface area contributed by atoms with E-state index in [1.165, 1.54) is 5.56 Å². The quantitative estimate of drug-likeness (QED) is 0.763. The van der Waals surface area contributed by atoms with Gasteiger partial charge < -0.3 is 5.73 Å². The molecule has 0 aromatic heterocycles. The van der Waals surface area contributed by atoms with Crippen LogP contribution < -0.4 is 5.73 Å². The minimum absolute atomic E-state index is 0.0180. The van der Waals surface area contributed by atoms with E-state index >= 15 is 0 Å². The minimum atomic E-state index is -2.49. The van der Waals surface area contributed by atoms with Crippen molar-refractivity contribution in [3.05, 3.63) is 33.8 Å². The van der Waals surface area contributed by atoms with Gasteiger partial charge in [0.05, 0.1) is 0 Å². The summed E-state index contributed by atoms with van der Waals surface area (Å²) in [4.78, 5) is 0. The molecule has 0 bridgehead atoms. The molecule has 0 radical (unpaired) electrons. The zero-order valence-corrected chi connectivity index (χ0v) is 11.6. The number of hydrogen-bond donors (Lipinski definition) is 1. The zero-order valence-electron chi connectivity index (χ0n) is 10.1. The SMILES string of the molecule is N[C@@H]1c2cc(Br)ccc2CC12CCC(F)(F)CC2. The summed E-state index contributed by atoms with van der Waals surface area (Å²) >= 11 is 3.45. The second-order valence-electron chi connectivity index (χ2n) is 5.72. The van der Waals surface area contributed by atoms with E-state index in [0.717, 1.165) is 16.5 Å². The topological polar surface area (TPSA) is 26.0 Å². The fourth-order valence-corrected chi connectivity index (χ4v) is 3.82. The average Bonchev–Trinajstić information content (AvgIpc) is 2.58. The molecule has 1 nitrogen and oxygen atoms in total. The Labute approximate surface area is 114 Å². The van der Waals surface area contributed by atoms with Crippen molar-refractivity contribution in [3.63, 3.8) is 0 Å². The van der Waals surface area contributed by atoms with Crippen LogP contribution >= 0.6 is 15.9 Å². The molecule has 2 aliphatic rings. The van der Waals surface area contributed by atoms with Gasteiger partial charge in [-0.2, -0.15) is 0 Å². The monoisotopic (exact) mass is 315 g/mol. The van der Waals surface area contributed by atoms with Gasteiger partial charge in [-0.25, -0.2) is 8.78 Å². The first-order valence-corrected chi connectivity index (χ1v) is 7.13.